The first kappa shape index (κ1) is 19.2. The Morgan fingerprint density at radius 2 is 1.92 bits per heavy atom. The summed E-state index contributed by atoms with van der Waals surface area (Å²) in [5.41, 5.74) is 1.72. The molecular weight excluding hydrogens is 374 g/mol. The van der Waals surface area contributed by atoms with Crippen molar-refractivity contribution in [3.63, 3.8) is 0 Å². The molecule has 0 saturated carbocycles. The molecule has 0 radical (unpaired) electrons. The van der Waals surface area contributed by atoms with E-state index in [9.17, 15) is 9.18 Å². The molecule has 1 amide bonds. The SMILES string of the molecule is CC(C(=O)NC(Cc1ccc(Cl)cc1Cl)c1ccc(F)cc1)C1CNC1. The molecule has 0 bridgehead atoms. The minimum atomic E-state index is -0.308. The van der Waals surface area contributed by atoms with E-state index < -0.39 is 0 Å². The number of hydrogen-bond donors (Lipinski definition) is 2. The molecule has 1 saturated heterocycles. The Balaban J connectivity index is 1.81. The van der Waals surface area contributed by atoms with E-state index in [1.54, 1.807) is 24.3 Å². The average molecular weight is 395 g/mol. The van der Waals surface area contributed by atoms with Gasteiger partial charge in [0.25, 0.3) is 0 Å². The van der Waals surface area contributed by atoms with E-state index in [4.69, 9.17) is 23.2 Å². The van der Waals surface area contributed by atoms with Gasteiger partial charge in [-0.2, -0.15) is 0 Å². The van der Waals surface area contributed by atoms with Gasteiger partial charge in [0, 0.05) is 16.0 Å². The molecule has 138 valence electrons. The fourth-order valence-electron chi connectivity index (χ4n) is 3.04. The van der Waals surface area contributed by atoms with Crippen LogP contribution in [0.15, 0.2) is 42.5 Å². The van der Waals surface area contributed by atoms with Crippen LogP contribution < -0.4 is 10.6 Å². The van der Waals surface area contributed by atoms with Gasteiger partial charge in [-0.15, -0.1) is 0 Å². The Morgan fingerprint density at radius 3 is 2.50 bits per heavy atom. The zero-order chi connectivity index (χ0) is 18.7. The summed E-state index contributed by atoms with van der Waals surface area (Å²) in [7, 11) is 0. The normalized spacial score (nSPS) is 16.6. The minimum absolute atomic E-state index is 0.00379. The molecule has 2 aromatic rings. The molecule has 0 aliphatic carbocycles. The van der Waals surface area contributed by atoms with Crippen LogP contribution in [-0.2, 0) is 11.2 Å². The summed E-state index contributed by atoms with van der Waals surface area (Å²) in [6.45, 7) is 3.66. The van der Waals surface area contributed by atoms with Crippen molar-refractivity contribution in [3.8, 4) is 0 Å². The molecule has 3 rings (SSSR count). The van der Waals surface area contributed by atoms with E-state index in [1.165, 1.54) is 12.1 Å². The van der Waals surface area contributed by atoms with Gasteiger partial charge in [0.1, 0.15) is 5.82 Å². The molecule has 1 fully saturated rings. The molecule has 1 heterocycles. The van der Waals surface area contributed by atoms with Crippen LogP contribution >= 0.6 is 23.2 Å². The Kier molecular flexibility index (Phi) is 6.17. The van der Waals surface area contributed by atoms with Gasteiger partial charge in [-0.3, -0.25) is 4.79 Å². The van der Waals surface area contributed by atoms with Crippen molar-refractivity contribution in [1.82, 2.24) is 10.6 Å². The zero-order valence-electron chi connectivity index (χ0n) is 14.4. The molecule has 0 aromatic heterocycles. The van der Waals surface area contributed by atoms with E-state index in [2.05, 4.69) is 10.6 Å². The lowest BCUT2D eigenvalue weighted by atomic mass is 9.87. The van der Waals surface area contributed by atoms with E-state index in [0.717, 1.165) is 24.2 Å². The van der Waals surface area contributed by atoms with Crippen molar-refractivity contribution >= 4 is 29.1 Å². The molecule has 2 N–H and O–H groups in total. The number of amides is 1. The lowest BCUT2D eigenvalue weighted by molar-refractivity contribution is -0.127. The summed E-state index contributed by atoms with van der Waals surface area (Å²) in [6.07, 6.45) is 0.503. The zero-order valence-corrected chi connectivity index (χ0v) is 15.9. The topological polar surface area (TPSA) is 41.1 Å². The number of rotatable bonds is 6. The summed E-state index contributed by atoms with van der Waals surface area (Å²) in [6, 6.07) is 11.2. The van der Waals surface area contributed by atoms with Gasteiger partial charge >= 0.3 is 0 Å². The van der Waals surface area contributed by atoms with Gasteiger partial charge in [0.2, 0.25) is 5.91 Å². The highest BCUT2D eigenvalue weighted by Crippen LogP contribution is 2.27. The molecular formula is C20H21Cl2FN2O. The fraction of sp³-hybridized carbons (Fsp3) is 0.350. The predicted octanol–water partition coefficient (Wildman–Crippen LogP) is 4.39. The van der Waals surface area contributed by atoms with Gasteiger partial charge in [0.15, 0.2) is 0 Å². The third kappa shape index (κ3) is 4.56. The van der Waals surface area contributed by atoms with Crippen molar-refractivity contribution in [2.45, 2.75) is 19.4 Å². The second-order valence-electron chi connectivity index (χ2n) is 6.76. The molecule has 1 aliphatic heterocycles. The maximum Gasteiger partial charge on any atom is 0.223 e. The summed E-state index contributed by atoms with van der Waals surface area (Å²) in [5, 5.41) is 7.41. The van der Waals surface area contributed by atoms with Gasteiger partial charge in [-0.25, -0.2) is 4.39 Å². The Morgan fingerprint density at radius 1 is 1.23 bits per heavy atom. The summed E-state index contributed by atoms with van der Waals surface area (Å²) in [5.74, 6) is -0.0453. The molecule has 0 spiro atoms. The van der Waals surface area contributed by atoms with Crippen molar-refractivity contribution < 1.29 is 9.18 Å². The van der Waals surface area contributed by atoms with E-state index in [0.29, 0.717) is 22.4 Å². The smallest absolute Gasteiger partial charge is 0.223 e. The predicted molar refractivity (Wildman–Crippen MR) is 103 cm³/mol. The quantitative estimate of drug-likeness (QED) is 0.762. The van der Waals surface area contributed by atoms with Gasteiger partial charge < -0.3 is 10.6 Å². The second kappa shape index (κ2) is 8.38. The summed E-state index contributed by atoms with van der Waals surface area (Å²) in [4.78, 5) is 12.7. The van der Waals surface area contributed by atoms with Gasteiger partial charge in [0.05, 0.1) is 6.04 Å². The van der Waals surface area contributed by atoms with Crippen LogP contribution in [0.25, 0.3) is 0 Å². The maximum absolute atomic E-state index is 13.3. The van der Waals surface area contributed by atoms with Crippen molar-refractivity contribution in [3.05, 3.63) is 69.5 Å². The number of hydrogen-bond acceptors (Lipinski definition) is 2. The first-order valence-electron chi connectivity index (χ1n) is 8.64. The largest absolute Gasteiger partial charge is 0.349 e. The van der Waals surface area contributed by atoms with Crippen LogP contribution in [0.4, 0.5) is 4.39 Å². The first-order valence-corrected chi connectivity index (χ1v) is 9.40. The highest BCUT2D eigenvalue weighted by atomic mass is 35.5. The standard InChI is InChI=1S/C20H21Cl2FN2O/c1-12(15-10-24-11-15)20(26)25-19(13-3-6-17(23)7-4-13)8-14-2-5-16(21)9-18(14)22/h2-7,9,12,15,19,24H,8,10-11H2,1H3,(H,25,26). The lowest BCUT2D eigenvalue weighted by Gasteiger charge is -2.33. The van der Waals surface area contributed by atoms with Crippen LogP contribution in [0, 0.1) is 17.7 Å². The van der Waals surface area contributed by atoms with Crippen molar-refractivity contribution in [2.24, 2.45) is 11.8 Å². The van der Waals surface area contributed by atoms with Crippen molar-refractivity contribution in [2.75, 3.05) is 13.1 Å². The average Bonchev–Trinajstić information content (AvgIpc) is 2.55. The second-order valence-corrected chi connectivity index (χ2v) is 7.60. The third-order valence-corrected chi connectivity index (χ3v) is 5.55. The number of nitrogens with one attached hydrogen (secondary N) is 2. The molecule has 1 aliphatic rings. The minimum Gasteiger partial charge on any atom is -0.349 e. The first-order chi connectivity index (χ1) is 12.4. The van der Waals surface area contributed by atoms with Gasteiger partial charge in [-0.1, -0.05) is 48.3 Å². The van der Waals surface area contributed by atoms with Crippen LogP contribution in [0.1, 0.15) is 24.1 Å². The number of halogens is 3. The highest BCUT2D eigenvalue weighted by Gasteiger charge is 2.30. The number of benzene rings is 2. The van der Waals surface area contributed by atoms with Crippen LogP contribution in [0.5, 0.6) is 0 Å². The third-order valence-electron chi connectivity index (χ3n) is 4.96. The fourth-order valence-corrected chi connectivity index (χ4v) is 3.52. The van der Waals surface area contributed by atoms with Crippen LogP contribution in [0.2, 0.25) is 10.0 Å². The molecule has 2 unspecified atom stereocenters. The Labute approximate surface area is 162 Å². The molecule has 6 heteroatoms. The highest BCUT2D eigenvalue weighted by molar-refractivity contribution is 6.35. The molecule has 26 heavy (non-hydrogen) atoms. The maximum atomic E-state index is 13.3. The Bertz CT molecular complexity index is 778. The van der Waals surface area contributed by atoms with E-state index in [1.807, 2.05) is 13.0 Å². The van der Waals surface area contributed by atoms with Crippen LogP contribution in [-0.4, -0.2) is 19.0 Å². The monoisotopic (exact) mass is 394 g/mol. The summed E-state index contributed by atoms with van der Waals surface area (Å²) >= 11 is 12.3. The van der Waals surface area contributed by atoms with Crippen LogP contribution in [0.3, 0.4) is 0 Å². The lowest BCUT2D eigenvalue weighted by Crippen LogP contribution is -2.50. The molecule has 3 nitrogen and oxygen atoms in total. The van der Waals surface area contributed by atoms with Crippen molar-refractivity contribution in [1.29, 1.82) is 0 Å². The Hall–Kier alpha value is -1.62. The number of carbonyl (C=O) groups excluding carboxylic acids is 1. The van der Waals surface area contributed by atoms with E-state index >= 15 is 0 Å². The van der Waals surface area contributed by atoms with Gasteiger partial charge in [-0.05, 0) is 60.8 Å². The molecule has 2 atom stereocenters. The summed E-state index contributed by atoms with van der Waals surface area (Å²) < 4.78 is 13.3. The molecule has 2 aromatic carbocycles. The van der Waals surface area contributed by atoms with E-state index in [-0.39, 0.29) is 23.7 Å². The number of carbonyl (C=O) groups is 1.